The van der Waals surface area contributed by atoms with E-state index in [-0.39, 0.29) is 0 Å². The maximum absolute atomic E-state index is 5.84. The maximum atomic E-state index is 5.84. The fourth-order valence-electron chi connectivity index (χ4n) is 2.87. The van der Waals surface area contributed by atoms with E-state index in [9.17, 15) is 0 Å². The molecular formula is C14H19N9O. The second kappa shape index (κ2) is 6.04. The minimum atomic E-state index is 0.292. The predicted molar refractivity (Wildman–Crippen MR) is 86.2 cm³/mol. The number of pyridine rings is 1. The first kappa shape index (κ1) is 14.8. The van der Waals surface area contributed by atoms with Crippen LogP contribution < -0.4 is 15.8 Å². The molecule has 0 aliphatic carbocycles. The number of hydrogen-bond acceptors (Lipinski definition) is 8. The number of H-pyrrole nitrogens is 1. The van der Waals surface area contributed by atoms with E-state index in [1.807, 2.05) is 6.92 Å². The number of nitrogens with one attached hydrogen (secondary N) is 2. The summed E-state index contributed by atoms with van der Waals surface area (Å²) in [5.41, 5.74) is 8.48. The van der Waals surface area contributed by atoms with E-state index in [2.05, 4.69) is 35.9 Å². The number of nitrogen functional groups attached to an aromatic ring is 1. The van der Waals surface area contributed by atoms with Crippen molar-refractivity contribution in [1.82, 2.24) is 40.7 Å². The van der Waals surface area contributed by atoms with E-state index < -0.39 is 0 Å². The molecule has 0 radical (unpaired) electrons. The topological polar surface area (TPSA) is 132 Å². The number of aromatic nitrogens is 7. The molecule has 1 saturated heterocycles. The molecule has 0 aromatic carbocycles. The monoisotopic (exact) mass is 329 g/mol. The summed E-state index contributed by atoms with van der Waals surface area (Å²) in [6.45, 7) is 5.14. The Morgan fingerprint density at radius 2 is 2.33 bits per heavy atom. The summed E-state index contributed by atoms with van der Waals surface area (Å²) in [7, 11) is 0. The van der Waals surface area contributed by atoms with Crippen LogP contribution >= 0.6 is 0 Å². The molecule has 0 amide bonds. The maximum Gasteiger partial charge on any atom is 0.181 e. The van der Waals surface area contributed by atoms with Crippen LogP contribution in [-0.2, 0) is 13.2 Å². The average molecular weight is 329 g/mol. The van der Waals surface area contributed by atoms with Gasteiger partial charge in [-0.25, -0.2) is 10.1 Å². The molecule has 0 saturated carbocycles. The molecule has 126 valence electrons. The van der Waals surface area contributed by atoms with Gasteiger partial charge in [-0.15, -0.1) is 5.10 Å². The second-order valence-electron chi connectivity index (χ2n) is 5.99. The standard InChI is InChI=1S/C14H19N9O/c1-8-10(21-23(20-8)6-9-2-3-16-5-9)7-24-11-4-12(15)17-14-13(11)18-22-19-14/h4,9,16H,2-3,5-7H2,1H3,(H3,15,17,18,19,22). The Labute approximate surface area is 137 Å². The number of ether oxygens (including phenoxy) is 1. The molecule has 0 spiro atoms. The third-order valence-corrected chi connectivity index (χ3v) is 4.15. The normalized spacial score (nSPS) is 17.6. The fourth-order valence-corrected chi connectivity index (χ4v) is 2.87. The van der Waals surface area contributed by atoms with Gasteiger partial charge in [0, 0.05) is 6.07 Å². The second-order valence-corrected chi connectivity index (χ2v) is 5.99. The van der Waals surface area contributed by atoms with Crippen molar-refractivity contribution < 1.29 is 4.74 Å². The fraction of sp³-hybridized carbons (Fsp3) is 0.500. The Kier molecular flexibility index (Phi) is 3.73. The quantitative estimate of drug-likeness (QED) is 0.597. The van der Waals surface area contributed by atoms with Crippen LogP contribution in [0.4, 0.5) is 5.82 Å². The molecule has 1 aliphatic rings. The van der Waals surface area contributed by atoms with Gasteiger partial charge in [-0.3, -0.25) is 0 Å². The summed E-state index contributed by atoms with van der Waals surface area (Å²) in [6.07, 6.45) is 1.16. The lowest BCUT2D eigenvalue weighted by atomic mass is 10.1. The summed E-state index contributed by atoms with van der Waals surface area (Å²) in [6, 6.07) is 1.63. The van der Waals surface area contributed by atoms with Crippen LogP contribution in [0, 0.1) is 12.8 Å². The highest BCUT2D eigenvalue weighted by Gasteiger charge is 2.18. The van der Waals surface area contributed by atoms with Crippen molar-refractivity contribution in [3.05, 3.63) is 17.5 Å². The number of nitrogens with two attached hydrogens (primary N) is 1. The lowest BCUT2D eigenvalue weighted by Crippen LogP contribution is -2.16. The SMILES string of the molecule is Cc1nn(CC2CCNC2)nc1COc1cc(N)nc2[nH]nnc12. The van der Waals surface area contributed by atoms with Gasteiger partial charge >= 0.3 is 0 Å². The van der Waals surface area contributed by atoms with Gasteiger partial charge < -0.3 is 15.8 Å². The number of fused-ring (bicyclic) bond motifs is 1. The summed E-state index contributed by atoms with van der Waals surface area (Å²) < 4.78 is 5.84. The molecule has 4 heterocycles. The zero-order chi connectivity index (χ0) is 16.5. The van der Waals surface area contributed by atoms with E-state index in [4.69, 9.17) is 10.5 Å². The van der Waals surface area contributed by atoms with Crippen LogP contribution in [0.2, 0.25) is 0 Å². The third-order valence-electron chi connectivity index (χ3n) is 4.15. The van der Waals surface area contributed by atoms with E-state index >= 15 is 0 Å². The molecular weight excluding hydrogens is 310 g/mol. The molecule has 1 aliphatic heterocycles. The van der Waals surface area contributed by atoms with Crippen molar-refractivity contribution in [2.24, 2.45) is 5.92 Å². The first-order chi connectivity index (χ1) is 11.7. The number of anilines is 1. The zero-order valence-electron chi connectivity index (χ0n) is 13.4. The van der Waals surface area contributed by atoms with Crippen LogP contribution in [0.25, 0.3) is 11.2 Å². The minimum Gasteiger partial charge on any atom is -0.485 e. The van der Waals surface area contributed by atoms with Crippen molar-refractivity contribution in [1.29, 1.82) is 0 Å². The summed E-state index contributed by atoms with van der Waals surface area (Å²) in [4.78, 5) is 5.87. The Morgan fingerprint density at radius 3 is 3.17 bits per heavy atom. The lowest BCUT2D eigenvalue weighted by molar-refractivity contribution is 0.300. The first-order valence-electron chi connectivity index (χ1n) is 7.90. The van der Waals surface area contributed by atoms with E-state index in [1.54, 1.807) is 10.9 Å². The Balaban J connectivity index is 1.48. The number of aryl methyl sites for hydroxylation is 1. The van der Waals surface area contributed by atoms with Crippen LogP contribution in [0.5, 0.6) is 5.75 Å². The van der Waals surface area contributed by atoms with Crippen molar-refractivity contribution in [3.8, 4) is 5.75 Å². The highest BCUT2D eigenvalue weighted by atomic mass is 16.5. The van der Waals surface area contributed by atoms with Gasteiger partial charge in [-0.05, 0) is 32.4 Å². The van der Waals surface area contributed by atoms with E-state index in [0.717, 1.165) is 37.4 Å². The first-order valence-corrected chi connectivity index (χ1v) is 7.90. The molecule has 4 N–H and O–H groups in total. The van der Waals surface area contributed by atoms with Gasteiger partial charge in [0.2, 0.25) is 0 Å². The number of hydrogen-bond donors (Lipinski definition) is 3. The largest absolute Gasteiger partial charge is 0.485 e. The van der Waals surface area contributed by atoms with Gasteiger partial charge in [-0.2, -0.15) is 15.0 Å². The molecule has 24 heavy (non-hydrogen) atoms. The Morgan fingerprint density at radius 1 is 1.42 bits per heavy atom. The van der Waals surface area contributed by atoms with E-state index in [1.165, 1.54) is 0 Å². The van der Waals surface area contributed by atoms with E-state index in [0.29, 0.717) is 35.3 Å². The van der Waals surface area contributed by atoms with Gasteiger partial charge in [0.1, 0.15) is 18.1 Å². The summed E-state index contributed by atoms with van der Waals surface area (Å²) in [5.74, 6) is 1.46. The van der Waals surface area contributed by atoms with Crippen LogP contribution in [0.15, 0.2) is 6.07 Å². The lowest BCUT2D eigenvalue weighted by Gasteiger charge is -2.06. The summed E-state index contributed by atoms with van der Waals surface area (Å²) in [5, 5.41) is 22.8. The zero-order valence-corrected chi connectivity index (χ0v) is 13.4. The molecule has 10 nitrogen and oxygen atoms in total. The Hall–Kier alpha value is -2.75. The molecule has 0 bridgehead atoms. The van der Waals surface area contributed by atoms with Gasteiger partial charge in [0.15, 0.2) is 16.9 Å². The molecule has 1 unspecified atom stereocenters. The van der Waals surface area contributed by atoms with Crippen molar-refractivity contribution in [3.63, 3.8) is 0 Å². The average Bonchev–Trinajstić information content (AvgIpc) is 3.27. The molecule has 3 aromatic heterocycles. The Bertz CT molecular complexity index is 849. The van der Waals surface area contributed by atoms with Crippen molar-refractivity contribution >= 4 is 17.0 Å². The van der Waals surface area contributed by atoms with Gasteiger partial charge in [-0.1, -0.05) is 5.21 Å². The smallest absolute Gasteiger partial charge is 0.181 e. The number of nitrogens with zero attached hydrogens (tertiary/aromatic N) is 6. The molecule has 1 atom stereocenters. The van der Waals surface area contributed by atoms with Gasteiger partial charge in [0.25, 0.3) is 0 Å². The van der Waals surface area contributed by atoms with Crippen LogP contribution in [0.1, 0.15) is 17.8 Å². The molecule has 10 heteroatoms. The third kappa shape index (κ3) is 2.87. The van der Waals surface area contributed by atoms with Crippen molar-refractivity contribution in [2.75, 3.05) is 18.8 Å². The molecule has 3 aromatic rings. The highest BCUT2D eigenvalue weighted by Crippen LogP contribution is 2.24. The molecule has 4 rings (SSSR count). The van der Waals surface area contributed by atoms with Crippen molar-refractivity contribution in [2.45, 2.75) is 26.5 Å². The number of rotatable bonds is 5. The number of aromatic amines is 1. The minimum absolute atomic E-state index is 0.292. The highest BCUT2D eigenvalue weighted by molar-refractivity contribution is 5.78. The van der Waals surface area contributed by atoms with Crippen LogP contribution in [0.3, 0.4) is 0 Å². The van der Waals surface area contributed by atoms with Crippen LogP contribution in [-0.4, -0.2) is 48.5 Å². The summed E-state index contributed by atoms with van der Waals surface area (Å²) >= 11 is 0. The van der Waals surface area contributed by atoms with Gasteiger partial charge in [0.05, 0.1) is 12.2 Å². The predicted octanol–water partition coefficient (Wildman–Crippen LogP) is 0.0235. The molecule has 1 fully saturated rings.